The molecular formula is C14H16Cl2O4. The van der Waals surface area contributed by atoms with Gasteiger partial charge in [0.2, 0.25) is 0 Å². The van der Waals surface area contributed by atoms with Gasteiger partial charge in [0.15, 0.2) is 5.92 Å². The molecule has 0 saturated heterocycles. The van der Waals surface area contributed by atoms with Crippen molar-refractivity contribution in [3.63, 3.8) is 0 Å². The summed E-state index contributed by atoms with van der Waals surface area (Å²) in [5.74, 6) is -3.32. The Bertz CT molecular complexity index is 520. The lowest BCUT2D eigenvalue weighted by molar-refractivity contribution is -0.166. The summed E-state index contributed by atoms with van der Waals surface area (Å²) in [4.78, 5) is 23.2. The van der Waals surface area contributed by atoms with Crippen LogP contribution in [0.15, 0.2) is 18.2 Å². The fourth-order valence-corrected chi connectivity index (χ4v) is 2.04. The zero-order valence-electron chi connectivity index (χ0n) is 11.4. The van der Waals surface area contributed by atoms with Crippen LogP contribution in [0.25, 0.3) is 0 Å². The van der Waals surface area contributed by atoms with Crippen molar-refractivity contribution >= 4 is 35.1 Å². The lowest BCUT2D eigenvalue weighted by Gasteiger charge is -2.22. The highest BCUT2D eigenvalue weighted by molar-refractivity contribution is 6.35. The van der Waals surface area contributed by atoms with Gasteiger partial charge in [-0.25, -0.2) is 0 Å². The summed E-state index contributed by atoms with van der Waals surface area (Å²) in [6, 6.07) is 4.70. The largest absolute Gasteiger partial charge is 0.481 e. The molecule has 0 fully saturated rings. The van der Waals surface area contributed by atoms with Gasteiger partial charge in [0.25, 0.3) is 0 Å². The molecule has 1 rings (SSSR count). The fraction of sp³-hybridized carbons (Fsp3) is 0.429. The zero-order chi connectivity index (χ0) is 15.5. The van der Waals surface area contributed by atoms with Crippen LogP contribution >= 0.6 is 23.2 Å². The minimum absolute atomic E-state index is 0.0414. The maximum Gasteiger partial charge on any atom is 0.321 e. The molecule has 0 saturated carbocycles. The minimum Gasteiger partial charge on any atom is -0.481 e. The first-order chi connectivity index (χ1) is 9.10. The number of hydrogen-bond donors (Lipinski definition) is 1. The molecule has 1 aromatic rings. The molecule has 4 nitrogen and oxygen atoms in total. The molecule has 1 unspecified atom stereocenters. The van der Waals surface area contributed by atoms with Crippen LogP contribution < -0.4 is 0 Å². The lowest BCUT2D eigenvalue weighted by atomic mass is 9.99. The summed E-state index contributed by atoms with van der Waals surface area (Å²) >= 11 is 11.8. The summed E-state index contributed by atoms with van der Waals surface area (Å²) in [6.45, 7) is 5.04. The van der Waals surface area contributed by atoms with Crippen LogP contribution in [-0.2, 0) is 20.7 Å². The highest BCUT2D eigenvalue weighted by Crippen LogP contribution is 2.24. The Hall–Kier alpha value is -1.26. The second kappa shape index (κ2) is 6.46. The van der Waals surface area contributed by atoms with E-state index in [1.165, 1.54) is 6.07 Å². The third-order valence-electron chi connectivity index (χ3n) is 2.43. The first kappa shape index (κ1) is 16.8. The van der Waals surface area contributed by atoms with E-state index in [1.807, 2.05) is 0 Å². The first-order valence-corrected chi connectivity index (χ1v) is 6.75. The summed E-state index contributed by atoms with van der Waals surface area (Å²) in [6.07, 6.45) is -0.0414. The number of halogens is 2. The third kappa shape index (κ3) is 5.02. The molecule has 0 aliphatic rings. The average molecular weight is 319 g/mol. The van der Waals surface area contributed by atoms with Crippen molar-refractivity contribution in [2.24, 2.45) is 5.92 Å². The van der Waals surface area contributed by atoms with Gasteiger partial charge in [-0.3, -0.25) is 9.59 Å². The van der Waals surface area contributed by atoms with E-state index in [0.717, 1.165) is 0 Å². The predicted molar refractivity (Wildman–Crippen MR) is 77.1 cm³/mol. The van der Waals surface area contributed by atoms with Crippen molar-refractivity contribution < 1.29 is 19.4 Å². The van der Waals surface area contributed by atoms with Gasteiger partial charge in [-0.2, -0.15) is 0 Å². The number of carbonyl (C=O) groups is 2. The van der Waals surface area contributed by atoms with Crippen molar-refractivity contribution in [2.45, 2.75) is 32.8 Å². The molecule has 20 heavy (non-hydrogen) atoms. The number of carboxylic acid groups (broad SMARTS) is 1. The third-order valence-corrected chi connectivity index (χ3v) is 3.02. The van der Waals surface area contributed by atoms with E-state index in [4.69, 9.17) is 27.9 Å². The Balaban J connectivity index is 2.93. The average Bonchev–Trinajstić information content (AvgIpc) is 2.24. The standard InChI is InChI=1S/C14H16Cl2O4/c1-14(2,3)20-13(19)10(12(17)18)6-8-4-5-9(15)7-11(8)16/h4-5,7,10H,6H2,1-3H3,(H,17,18). The summed E-state index contributed by atoms with van der Waals surface area (Å²) in [5, 5.41) is 9.95. The van der Waals surface area contributed by atoms with Gasteiger partial charge < -0.3 is 9.84 Å². The zero-order valence-corrected chi connectivity index (χ0v) is 13.0. The fourth-order valence-electron chi connectivity index (χ4n) is 1.55. The van der Waals surface area contributed by atoms with E-state index >= 15 is 0 Å². The molecule has 1 atom stereocenters. The second-order valence-corrected chi connectivity index (χ2v) is 6.21. The smallest absolute Gasteiger partial charge is 0.321 e. The van der Waals surface area contributed by atoms with Gasteiger partial charge in [0.1, 0.15) is 5.60 Å². The number of esters is 1. The number of carboxylic acids is 1. The molecule has 6 heteroatoms. The van der Waals surface area contributed by atoms with E-state index in [-0.39, 0.29) is 6.42 Å². The van der Waals surface area contributed by atoms with Crippen LogP contribution in [0, 0.1) is 5.92 Å². The molecule has 0 bridgehead atoms. The molecule has 0 aliphatic carbocycles. The van der Waals surface area contributed by atoms with Gasteiger partial charge in [0, 0.05) is 10.0 Å². The molecule has 1 N–H and O–H groups in total. The Morgan fingerprint density at radius 3 is 2.35 bits per heavy atom. The van der Waals surface area contributed by atoms with Gasteiger partial charge in [0.05, 0.1) is 0 Å². The normalized spacial score (nSPS) is 12.8. The van der Waals surface area contributed by atoms with Crippen LogP contribution in [0.4, 0.5) is 0 Å². The van der Waals surface area contributed by atoms with Gasteiger partial charge >= 0.3 is 11.9 Å². The van der Waals surface area contributed by atoms with E-state index in [0.29, 0.717) is 15.6 Å². The number of rotatable bonds is 4. The van der Waals surface area contributed by atoms with E-state index in [2.05, 4.69) is 0 Å². The van der Waals surface area contributed by atoms with Crippen molar-refractivity contribution in [3.05, 3.63) is 33.8 Å². The number of carbonyl (C=O) groups excluding carboxylic acids is 1. The van der Waals surface area contributed by atoms with Crippen molar-refractivity contribution in [1.82, 2.24) is 0 Å². The van der Waals surface area contributed by atoms with Crippen LogP contribution in [0.2, 0.25) is 10.0 Å². The van der Waals surface area contributed by atoms with Crippen LogP contribution in [-0.4, -0.2) is 22.6 Å². The van der Waals surface area contributed by atoms with E-state index in [1.54, 1.807) is 32.9 Å². The first-order valence-electron chi connectivity index (χ1n) is 6.00. The maximum atomic E-state index is 11.9. The Morgan fingerprint density at radius 2 is 1.90 bits per heavy atom. The van der Waals surface area contributed by atoms with Gasteiger partial charge in [-0.1, -0.05) is 29.3 Å². The second-order valence-electron chi connectivity index (χ2n) is 5.36. The molecule has 1 aromatic carbocycles. The topological polar surface area (TPSA) is 63.6 Å². The number of ether oxygens (including phenoxy) is 1. The van der Waals surface area contributed by atoms with Crippen LogP contribution in [0.3, 0.4) is 0 Å². The molecule has 0 spiro atoms. The molecular weight excluding hydrogens is 303 g/mol. The molecule has 0 amide bonds. The van der Waals surface area contributed by atoms with E-state index < -0.39 is 23.5 Å². The Morgan fingerprint density at radius 1 is 1.30 bits per heavy atom. The Labute approximate surface area is 127 Å². The van der Waals surface area contributed by atoms with Crippen molar-refractivity contribution in [1.29, 1.82) is 0 Å². The maximum absolute atomic E-state index is 11.9. The summed E-state index contributed by atoms with van der Waals surface area (Å²) in [7, 11) is 0. The minimum atomic E-state index is -1.30. The molecule has 110 valence electrons. The van der Waals surface area contributed by atoms with Gasteiger partial charge in [-0.15, -0.1) is 0 Å². The van der Waals surface area contributed by atoms with Crippen molar-refractivity contribution in [2.75, 3.05) is 0 Å². The number of aliphatic carboxylic acids is 1. The molecule has 0 aromatic heterocycles. The highest BCUT2D eigenvalue weighted by atomic mass is 35.5. The number of benzene rings is 1. The SMILES string of the molecule is CC(C)(C)OC(=O)C(Cc1ccc(Cl)cc1Cl)C(=O)O. The van der Waals surface area contributed by atoms with Crippen molar-refractivity contribution in [3.8, 4) is 0 Å². The van der Waals surface area contributed by atoms with Gasteiger partial charge in [-0.05, 0) is 44.9 Å². The quantitative estimate of drug-likeness (QED) is 0.680. The van der Waals surface area contributed by atoms with Crippen LogP contribution in [0.5, 0.6) is 0 Å². The number of hydrogen-bond acceptors (Lipinski definition) is 3. The van der Waals surface area contributed by atoms with E-state index in [9.17, 15) is 14.7 Å². The molecule has 0 radical (unpaired) electrons. The predicted octanol–water partition coefficient (Wildman–Crippen LogP) is 3.58. The Kier molecular flexibility index (Phi) is 5.42. The molecule has 0 heterocycles. The molecule has 0 aliphatic heterocycles. The summed E-state index contributed by atoms with van der Waals surface area (Å²) in [5.41, 5.74) is -0.205. The van der Waals surface area contributed by atoms with Crippen LogP contribution in [0.1, 0.15) is 26.3 Å². The lowest BCUT2D eigenvalue weighted by Crippen LogP contribution is -2.34. The highest BCUT2D eigenvalue weighted by Gasteiger charge is 2.31. The summed E-state index contributed by atoms with van der Waals surface area (Å²) < 4.78 is 5.11. The monoisotopic (exact) mass is 318 g/mol.